The summed E-state index contributed by atoms with van der Waals surface area (Å²) in [4.78, 5) is 11.8. The van der Waals surface area contributed by atoms with Gasteiger partial charge in [-0.2, -0.15) is 0 Å². The van der Waals surface area contributed by atoms with Crippen molar-refractivity contribution in [3.05, 3.63) is 70.3 Å². The van der Waals surface area contributed by atoms with E-state index in [1.165, 1.54) is 11.1 Å². The van der Waals surface area contributed by atoms with Crippen LogP contribution in [0.1, 0.15) is 74.5 Å². The van der Waals surface area contributed by atoms with Crippen LogP contribution in [0.4, 0.5) is 0 Å². The molecule has 0 aliphatic heterocycles. The molecule has 35 heavy (non-hydrogen) atoms. The average molecular weight is 482 g/mol. The number of esters is 1. The minimum Gasteiger partial charge on any atom is -0.466 e. The smallest absolute Gasteiger partial charge is 0.306 e. The Hall–Kier alpha value is -2.21. The number of fused-ring (bicyclic) bond motifs is 1. The van der Waals surface area contributed by atoms with Crippen molar-refractivity contribution >= 4 is 5.97 Å². The Bertz CT molecular complexity index is 946. The van der Waals surface area contributed by atoms with Crippen molar-refractivity contribution in [2.45, 2.75) is 84.5 Å². The summed E-state index contributed by atoms with van der Waals surface area (Å²) in [7, 11) is 0. The second-order valence-corrected chi connectivity index (χ2v) is 10.6. The first-order chi connectivity index (χ1) is 16.7. The molecule has 1 aliphatic rings. The maximum Gasteiger partial charge on any atom is 0.306 e. The van der Waals surface area contributed by atoms with Crippen molar-refractivity contribution < 1.29 is 19.4 Å². The Kier molecular flexibility index (Phi) is 9.90. The Morgan fingerprint density at radius 1 is 1.14 bits per heavy atom. The summed E-state index contributed by atoms with van der Waals surface area (Å²) in [6, 6.07) is 14.9. The van der Waals surface area contributed by atoms with E-state index in [4.69, 9.17) is 9.47 Å². The summed E-state index contributed by atoms with van der Waals surface area (Å²) in [5, 5.41) is 14.2. The van der Waals surface area contributed by atoms with E-state index in [-0.39, 0.29) is 24.2 Å². The van der Waals surface area contributed by atoms with Crippen LogP contribution >= 0.6 is 0 Å². The van der Waals surface area contributed by atoms with Crippen LogP contribution in [0.25, 0.3) is 0 Å². The molecule has 2 N–H and O–H groups in total. The van der Waals surface area contributed by atoms with Gasteiger partial charge in [0.15, 0.2) is 0 Å². The number of hydrogen-bond acceptors (Lipinski definition) is 5. The fourth-order valence-corrected chi connectivity index (χ4v) is 5.29. The van der Waals surface area contributed by atoms with Gasteiger partial charge in [0, 0.05) is 18.5 Å². The first-order valence-corrected chi connectivity index (χ1v) is 13.0. The molecule has 0 aromatic heterocycles. The molecule has 0 radical (unpaired) electrons. The number of ether oxygens (including phenoxy) is 2. The fourth-order valence-electron chi connectivity index (χ4n) is 5.29. The number of β-amino-alcohol motifs (C(OH)–C–C–N with tert-alkyl or cyclic N) is 1. The Morgan fingerprint density at radius 2 is 1.83 bits per heavy atom. The molecular formula is C30H43NO4. The van der Waals surface area contributed by atoms with Crippen LogP contribution in [0.3, 0.4) is 0 Å². The second kappa shape index (κ2) is 12.7. The van der Waals surface area contributed by atoms with Gasteiger partial charge in [0.05, 0.1) is 25.4 Å². The summed E-state index contributed by atoms with van der Waals surface area (Å²) in [5.74, 6) is 0.457. The molecule has 0 saturated heterocycles. The monoisotopic (exact) mass is 481 g/mol. The van der Waals surface area contributed by atoms with Gasteiger partial charge in [-0.05, 0) is 94.0 Å². The third-order valence-electron chi connectivity index (χ3n) is 7.06. The zero-order valence-corrected chi connectivity index (χ0v) is 22.1. The predicted molar refractivity (Wildman–Crippen MR) is 141 cm³/mol. The van der Waals surface area contributed by atoms with Gasteiger partial charge in [-0.3, -0.25) is 4.79 Å². The van der Waals surface area contributed by atoms with E-state index in [0.29, 0.717) is 31.9 Å². The lowest BCUT2D eigenvalue weighted by molar-refractivity contribution is -0.143. The molecule has 2 aromatic rings. The van der Waals surface area contributed by atoms with Crippen molar-refractivity contribution in [3.63, 3.8) is 0 Å². The SMILES string of the molecule is CCOC(=O)CCc1c(C)cccc1[C@@H](C)OC[C@H](O)CNC(C)(C)CC1Cc2ccccc2C1. The van der Waals surface area contributed by atoms with Gasteiger partial charge < -0.3 is 19.9 Å². The summed E-state index contributed by atoms with van der Waals surface area (Å²) in [5.41, 5.74) is 6.23. The van der Waals surface area contributed by atoms with Crippen molar-refractivity contribution in [2.75, 3.05) is 19.8 Å². The molecule has 0 spiro atoms. The number of aliphatic hydroxyl groups is 1. The zero-order valence-electron chi connectivity index (χ0n) is 22.1. The van der Waals surface area contributed by atoms with Gasteiger partial charge in [0.2, 0.25) is 0 Å². The number of rotatable bonds is 13. The molecular weight excluding hydrogens is 438 g/mol. The molecule has 0 bridgehead atoms. The molecule has 2 atom stereocenters. The molecule has 0 amide bonds. The van der Waals surface area contributed by atoms with Crippen LogP contribution in [-0.2, 0) is 33.5 Å². The summed E-state index contributed by atoms with van der Waals surface area (Å²) >= 11 is 0. The Morgan fingerprint density at radius 3 is 2.49 bits per heavy atom. The maximum atomic E-state index is 11.8. The molecule has 192 valence electrons. The highest BCUT2D eigenvalue weighted by Crippen LogP contribution is 2.32. The van der Waals surface area contributed by atoms with Crippen LogP contribution < -0.4 is 5.32 Å². The lowest BCUT2D eigenvalue weighted by Gasteiger charge is -2.31. The molecule has 1 aliphatic carbocycles. The van der Waals surface area contributed by atoms with E-state index in [2.05, 4.69) is 56.4 Å². The minimum atomic E-state index is -0.592. The summed E-state index contributed by atoms with van der Waals surface area (Å²) < 4.78 is 11.2. The van der Waals surface area contributed by atoms with Crippen LogP contribution in [0, 0.1) is 12.8 Å². The minimum absolute atomic E-state index is 0.0594. The first-order valence-electron chi connectivity index (χ1n) is 13.0. The van der Waals surface area contributed by atoms with Gasteiger partial charge in [0.25, 0.3) is 0 Å². The fraction of sp³-hybridized carbons (Fsp3) is 0.567. The van der Waals surface area contributed by atoms with Crippen LogP contribution in [-0.4, -0.2) is 42.5 Å². The molecule has 0 unspecified atom stereocenters. The topological polar surface area (TPSA) is 67.8 Å². The number of nitrogens with one attached hydrogen (secondary N) is 1. The standard InChI is InChI=1S/C30H43NO4/c1-6-34-29(33)15-14-27-21(2)10-9-13-28(27)22(3)35-20-26(32)19-31-30(4,5)18-23-16-24-11-7-8-12-25(24)17-23/h7-13,22-23,26,31-32H,6,14-20H2,1-5H3/t22-,26-/m1/s1. The van der Waals surface area contributed by atoms with E-state index in [1.807, 2.05) is 26.0 Å². The first kappa shape index (κ1) is 27.4. The van der Waals surface area contributed by atoms with Crippen LogP contribution in [0.15, 0.2) is 42.5 Å². The number of carbonyl (C=O) groups excluding carboxylic acids is 1. The quantitative estimate of drug-likeness (QED) is 0.390. The Balaban J connectivity index is 1.46. The highest BCUT2D eigenvalue weighted by atomic mass is 16.5. The Labute approximate surface area is 211 Å². The zero-order chi connectivity index (χ0) is 25.4. The average Bonchev–Trinajstić information content (AvgIpc) is 3.22. The summed E-state index contributed by atoms with van der Waals surface area (Å²) in [6.07, 6.45) is 3.55. The van der Waals surface area contributed by atoms with Gasteiger partial charge in [-0.15, -0.1) is 0 Å². The highest BCUT2D eigenvalue weighted by Gasteiger charge is 2.28. The predicted octanol–water partition coefficient (Wildman–Crippen LogP) is 5.10. The van der Waals surface area contributed by atoms with Crippen molar-refractivity contribution in [2.24, 2.45) is 5.92 Å². The number of aliphatic hydroxyl groups excluding tert-OH is 1. The molecule has 0 fully saturated rings. The van der Waals surface area contributed by atoms with E-state index < -0.39 is 6.10 Å². The number of carbonyl (C=O) groups is 1. The maximum absolute atomic E-state index is 11.8. The van der Waals surface area contributed by atoms with Crippen molar-refractivity contribution in [1.82, 2.24) is 5.32 Å². The normalized spacial score (nSPS) is 15.6. The lowest BCUT2D eigenvalue weighted by Crippen LogP contribution is -2.45. The molecule has 5 heteroatoms. The third-order valence-corrected chi connectivity index (χ3v) is 7.06. The van der Waals surface area contributed by atoms with Crippen molar-refractivity contribution in [3.8, 4) is 0 Å². The van der Waals surface area contributed by atoms with Gasteiger partial charge in [0.1, 0.15) is 0 Å². The van der Waals surface area contributed by atoms with E-state index in [9.17, 15) is 9.90 Å². The van der Waals surface area contributed by atoms with Gasteiger partial charge in [-0.25, -0.2) is 0 Å². The molecule has 2 aromatic carbocycles. The summed E-state index contributed by atoms with van der Waals surface area (Å²) in [6.45, 7) is 11.5. The largest absolute Gasteiger partial charge is 0.466 e. The number of aryl methyl sites for hydroxylation is 1. The number of benzene rings is 2. The molecule has 5 nitrogen and oxygen atoms in total. The van der Waals surface area contributed by atoms with Crippen LogP contribution in [0.5, 0.6) is 0 Å². The second-order valence-electron chi connectivity index (χ2n) is 10.6. The number of hydrogen-bond donors (Lipinski definition) is 2. The van der Waals surface area contributed by atoms with Crippen LogP contribution in [0.2, 0.25) is 0 Å². The van der Waals surface area contributed by atoms with Gasteiger partial charge >= 0.3 is 5.97 Å². The molecule has 0 saturated carbocycles. The highest BCUT2D eigenvalue weighted by molar-refractivity contribution is 5.69. The lowest BCUT2D eigenvalue weighted by atomic mass is 9.88. The molecule has 0 heterocycles. The van der Waals surface area contributed by atoms with Crippen molar-refractivity contribution in [1.29, 1.82) is 0 Å². The molecule has 3 rings (SSSR count). The van der Waals surface area contributed by atoms with E-state index >= 15 is 0 Å². The van der Waals surface area contributed by atoms with E-state index in [1.54, 1.807) is 0 Å². The van der Waals surface area contributed by atoms with Gasteiger partial charge in [-0.1, -0.05) is 42.5 Å². The third kappa shape index (κ3) is 8.16. The van der Waals surface area contributed by atoms with E-state index in [0.717, 1.165) is 36.0 Å².